The summed E-state index contributed by atoms with van der Waals surface area (Å²) in [6.45, 7) is 10.2. The van der Waals surface area contributed by atoms with E-state index in [4.69, 9.17) is 0 Å². The molecule has 23 heavy (non-hydrogen) atoms. The SMILES string of the molecule is CC(C)(C)C1CCCCC1.CNCC(C)c1ccc(OF)cc1. The zero-order valence-corrected chi connectivity index (χ0v) is 15.5. The van der Waals surface area contributed by atoms with E-state index >= 15 is 0 Å². The lowest BCUT2D eigenvalue weighted by atomic mass is 9.72. The van der Waals surface area contributed by atoms with Crippen molar-refractivity contribution in [1.82, 2.24) is 5.32 Å². The Balaban J connectivity index is 0.000000238. The number of hydrogen-bond acceptors (Lipinski definition) is 2. The molecular weight excluding hydrogens is 289 g/mol. The third-order valence-corrected chi connectivity index (χ3v) is 4.88. The van der Waals surface area contributed by atoms with Gasteiger partial charge in [0, 0.05) is 11.1 Å². The molecule has 1 N–H and O–H groups in total. The predicted molar refractivity (Wildman–Crippen MR) is 96.5 cm³/mol. The maximum Gasteiger partial charge on any atom is 0.171 e. The molecule has 0 saturated heterocycles. The van der Waals surface area contributed by atoms with Crippen molar-refractivity contribution in [2.24, 2.45) is 11.3 Å². The summed E-state index contributed by atoms with van der Waals surface area (Å²) >= 11 is 0. The molecule has 0 aromatic heterocycles. The second kappa shape index (κ2) is 9.92. The van der Waals surface area contributed by atoms with Crippen LogP contribution in [0.2, 0.25) is 0 Å². The molecule has 1 aliphatic carbocycles. The van der Waals surface area contributed by atoms with E-state index in [9.17, 15) is 4.53 Å². The summed E-state index contributed by atoms with van der Waals surface area (Å²) in [6, 6.07) is 7.00. The van der Waals surface area contributed by atoms with Gasteiger partial charge in [-0.25, -0.2) is 0 Å². The van der Waals surface area contributed by atoms with Gasteiger partial charge >= 0.3 is 0 Å². The van der Waals surface area contributed by atoms with Gasteiger partial charge in [0.1, 0.15) is 0 Å². The van der Waals surface area contributed by atoms with Crippen LogP contribution in [-0.2, 0) is 0 Å². The molecule has 1 aliphatic rings. The quantitative estimate of drug-likeness (QED) is 0.746. The number of hydrogen-bond donors (Lipinski definition) is 1. The Morgan fingerprint density at radius 2 is 1.70 bits per heavy atom. The smallest absolute Gasteiger partial charge is 0.171 e. The van der Waals surface area contributed by atoms with Gasteiger partial charge in [-0.15, -0.1) is 0 Å². The van der Waals surface area contributed by atoms with Crippen molar-refractivity contribution in [3.8, 4) is 5.75 Å². The Hall–Kier alpha value is -1.09. The van der Waals surface area contributed by atoms with Crippen LogP contribution in [-0.4, -0.2) is 13.6 Å². The van der Waals surface area contributed by atoms with Crippen molar-refractivity contribution < 1.29 is 9.47 Å². The summed E-state index contributed by atoms with van der Waals surface area (Å²) in [7, 11) is 1.91. The van der Waals surface area contributed by atoms with Crippen LogP contribution in [0.4, 0.5) is 4.53 Å². The van der Waals surface area contributed by atoms with E-state index in [1.807, 2.05) is 19.2 Å². The van der Waals surface area contributed by atoms with Crippen molar-refractivity contribution in [3.05, 3.63) is 29.8 Å². The first-order chi connectivity index (χ1) is 10.9. The summed E-state index contributed by atoms with van der Waals surface area (Å²) in [4.78, 5) is 3.59. The van der Waals surface area contributed by atoms with E-state index in [2.05, 4.69) is 38.0 Å². The molecule has 0 amide bonds. The van der Waals surface area contributed by atoms with Gasteiger partial charge in [-0.1, -0.05) is 59.1 Å². The second-order valence-corrected chi connectivity index (χ2v) is 7.81. The van der Waals surface area contributed by atoms with Crippen LogP contribution in [0.3, 0.4) is 0 Å². The van der Waals surface area contributed by atoms with Crippen molar-refractivity contribution in [3.63, 3.8) is 0 Å². The highest BCUT2D eigenvalue weighted by Gasteiger charge is 2.25. The molecule has 1 aromatic carbocycles. The third kappa shape index (κ3) is 7.34. The molecule has 0 aliphatic heterocycles. The number of nitrogens with one attached hydrogen (secondary N) is 1. The van der Waals surface area contributed by atoms with Gasteiger partial charge in [-0.05, 0) is 54.8 Å². The van der Waals surface area contributed by atoms with Gasteiger partial charge in [-0.3, -0.25) is 4.94 Å². The van der Waals surface area contributed by atoms with Gasteiger partial charge in [0.05, 0.1) is 0 Å². The van der Waals surface area contributed by atoms with E-state index in [1.54, 1.807) is 12.1 Å². The second-order valence-electron chi connectivity index (χ2n) is 7.81. The molecular formula is C20H34FNO. The van der Waals surface area contributed by atoms with Gasteiger partial charge in [0.25, 0.3) is 0 Å². The molecule has 1 unspecified atom stereocenters. The zero-order chi connectivity index (χ0) is 17.3. The highest BCUT2D eigenvalue weighted by atomic mass is 19.3. The fourth-order valence-corrected chi connectivity index (χ4v) is 3.24. The zero-order valence-electron chi connectivity index (χ0n) is 15.5. The van der Waals surface area contributed by atoms with Crippen LogP contribution >= 0.6 is 0 Å². The minimum absolute atomic E-state index is 0.250. The Morgan fingerprint density at radius 1 is 1.13 bits per heavy atom. The summed E-state index contributed by atoms with van der Waals surface area (Å²) < 4.78 is 11.7. The highest BCUT2D eigenvalue weighted by molar-refractivity contribution is 5.28. The van der Waals surface area contributed by atoms with Gasteiger partial charge in [0.15, 0.2) is 5.75 Å². The average Bonchev–Trinajstić information content (AvgIpc) is 2.56. The predicted octanol–water partition coefficient (Wildman–Crippen LogP) is 5.89. The molecule has 0 bridgehead atoms. The topological polar surface area (TPSA) is 21.3 Å². The Morgan fingerprint density at radius 3 is 2.09 bits per heavy atom. The monoisotopic (exact) mass is 323 g/mol. The lowest BCUT2D eigenvalue weighted by Crippen LogP contribution is -2.22. The number of rotatable bonds is 4. The van der Waals surface area contributed by atoms with Crippen molar-refractivity contribution >= 4 is 0 Å². The van der Waals surface area contributed by atoms with E-state index in [0.717, 1.165) is 12.5 Å². The molecule has 0 heterocycles. The van der Waals surface area contributed by atoms with Gasteiger partial charge in [0.2, 0.25) is 0 Å². The highest BCUT2D eigenvalue weighted by Crippen LogP contribution is 2.37. The molecule has 1 aromatic rings. The number of halogens is 1. The minimum Gasteiger partial charge on any atom is -0.319 e. The van der Waals surface area contributed by atoms with E-state index in [-0.39, 0.29) is 5.75 Å². The Kier molecular flexibility index (Phi) is 8.60. The molecule has 2 nitrogen and oxygen atoms in total. The van der Waals surface area contributed by atoms with Gasteiger partial charge in [-0.2, -0.15) is 0 Å². The maximum absolute atomic E-state index is 11.7. The number of likely N-dealkylation sites (N-methyl/N-ethyl adjacent to an activating group) is 1. The standard InChI is InChI=1S/C10H14FNO.C10H20/c1-8(7-12-2)9-3-5-10(13-11)6-4-9;1-10(2,3)9-7-5-4-6-8-9/h3-6,8,12H,7H2,1-2H3;9H,4-8H2,1-3H3. The van der Waals surface area contributed by atoms with E-state index < -0.39 is 0 Å². The van der Waals surface area contributed by atoms with Crippen molar-refractivity contribution in [1.29, 1.82) is 0 Å². The first kappa shape index (κ1) is 20.0. The Bertz CT molecular complexity index is 418. The average molecular weight is 323 g/mol. The number of benzene rings is 1. The fourth-order valence-electron chi connectivity index (χ4n) is 3.24. The first-order valence-corrected chi connectivity index (χ1v) is 8.91. The van der Waals surface area contributed by atoms with Crippen molar-refractivity contribution in [2.75, 3.05) is 13.6 Å². The minimum atomic E-state index is 0.250. The molecule has 2 rings (SSSR count). The van der Waals surface area contributed by atoms with E-state index in [0.29, 0.717) is 11.3 Å². The largest absolute Gasteiger partial charge is 0.319 e. The summed E-state index contributed by atoms with van der Waals surface area (Å²) in [6.07, 6.45) is 7.38. The van der Waals surface area contributed by atoms with Gasteiger partial charge < -0.3 is 5.32 Å². The van der Waals surface area contributed by atoms with Crippen LogP contribution in [0, 0.1) is 11.3 Å². The van der Waals surface area contributed by atoms with Crippen LogP contribution < -0.4 is 10.3 Å². The van der Waals surface area contributed by atoms with Crippen LogP contribution in [0.15, 0.2) is 24.3 Å². The first-order valence-electron chi connectivity index (χ1n) is 8.91. The summed E-state index contributed by atoms with van der Waals surface area (Å²) in [5.74, 6) is 1.68. The molecule has 3 heteroatoms. The molecule has 0 radical (unpaired) electrons. The lowest BCUT2D eigenvalue weighted by molar-refractivity contribution is -0.00622. The molecule has 1 atom stereocenters. The normalized spacial score (nSPS) is 17.1. The van der Waals surface area contributed by atoms with Crippen LogP contribution in [0.5, 0.6) is 5.75 Å². The molecule has 0 spiro atoms. The van der Waals surface area contributed by atoms with Crippen molar-refractivity contribution in [2.45, 2.75) is 65.7 Å². The van der Waals surface area contributed by atoms with Crippen LogP contribution in [0.25, 0.3) is 0 Å². The van der Waals surface area contributed by atoms with Crippen LogP contribution in [0.1, 0.15) is 71.3 Å². The lowest BCUT2D eigenvalue weighted by Gasteiger charge is -2.33. The van der Waals surface area contributed by atoms with E-state index in [1.165, 1.54) is 37.7 Å². The Labute approximate surface area is 141 Å². The summed E-state index contributed by atoms with van der Waals surface area (Å²) in [5, 5.41) is 3.09. The molecule has 1 saturated carbocycles. The fraction of sp³-hybridized carbons (Fsp3) is 0.700. The maximum atomic E-state index is 11.7. The molecule has 1 fully saturated rings. The third-order valence-electron chi connectivity index (χ3n) is 4.88. The molecule has 132 valence electrons. The summed E-state index contributed by atoms with van der Waals surface area (Å²) in [5.41, 5.74) is 1.75.